The number of ether oxygens (including phenoxy) is 2. The first-order valence-corrected chi connectivity index (χ1v) is 30.8. The molecule has 0 bridgehead atoms. The lowest BCUT2D eigenvalue weighted by Crippen LogP contribution is -2.50. The van der Waals surface area contributed by atoms with Crippen LogP contribution in [0.4, 0.5) is 5.82 Å². The maximum Gasteiger partial charge on any atom is 0.337 e. The Morgan fingerprint density at radius 3 is 2.21 bits per heavy atom. The Labute approximate surface area is 506 Å². The van der Waals surface area contributed by atoms with E-state index in [0.29, 0.717) is 70.7 Å². The highest BCUT2D eigenvalue weighted by Gasteiger charge is 2.34. The van der Waals surface area contributed by atoms with Gasteiger partial charge in [0.25, 0.3) is 11.8 Å². The highest BCUT2D eigenvalue weighted by atomic mass is 32.2. The summed E-state index contributed by atoms with van der Waals surface area (Å²) in [6.45, 7) is 3.59. The summed E-state index contributed by atoms with van der Waals surface area (Å²) < 4.78 is 10.1. The number of hydrazine groups is 1. The maximum absolute atomic E-state index is 14.1. The minimum absolute atomic E-state index is 0.0213. The van der Waals surface area contributed by atoms with E-state index in [9.17, 15) is 38.7 Å². The first-order valence-electron chi connectivity index (χ1n) is 25.5. The van der Waals surface area contributed by atoms with Gasteiger partial charge in [-0.2, -0.15) is 0 Å². The van der Waals surface area contributed by atoms with E-state index in [1.54, 1.807) is 64.0 Å². The molecule has 2 aromatic carbocycles. The lowest BCUT2D eigenvalue weighted by molar-refractivity contribution is -0.127. The van der Waals surface area contributed by atoms with Crippen LogP contribution in [-0.4, -0.2) is 151 Å². The van der Waals surface area contributed by atoms with Gasteiger partial charge in [0.1, 0.15) is 66.8 Å². The normalized spacial score (nSPS) is 14.5. The number of amidine groups is 1. The molecule has 0 radical (unpaired) electrons. The summed E-state index contributed by atoms with van der Waals surface area (Å²) in [5.74, 6) is 3.43. The van der Waals surface area contributed by atoms with E-state index in [1.165, 1.54) is 117 Å². The van der Waals surface area contributed by atoms with Gasteiger partial charge in [-0.15, -0.1) is 57.1 Å². The summed E-state index contributed by atoms with van der Waals surface area (Å²) in [6, 6.07) is 16.3. The molecule has 6 heterocycles. The predicted molar refractivity (Wildman–Crippen MR) is 327 cm³/mol. The number of aliphatic imine (C=N–C) groups is 2. The van der Waals surface area contributed by atoms with Crippen molar-refractivity contribution in [3.8, 4) is 43.4 Å². The number of thiazole rings is 4. The number of thioether (sulfide) groups is 2. The monoisotopic (exact) mass is 1250 g/mol. The molecule has 0 saturated carbocycles. The number of nitrogens with zero attached hydrogens (tertiary/aromatic N) is 8. The number of carbonyl (C=O) groups is 7. The number of hydrogen-bond acceptors (Lipinski definition) is 24. The van der Waals surface area contributed by atoms with Gasteiger partial charge < -0.3 is 41.2 Å². The van der Waals surface area contributed by atoms with Crippen LogP contribution in [0.1, 0.15) is 80.6 Å². The second-order valence-corrected chi connectivity index (χ2v) is 24.5. The minimum Gasteiger partial charge on any atom is -0.465 e. The van der Waals surface area contributed by atoms with Gasteiger partial charge >= 0.3 is 5.97 Å². The van der Waals surface area contributed by atoms with Crippen molar-refractivity contribution in [2.75, 3.05) is 53.3 Å². The van der Waals surface area contributed by atoms with Crippen LogP contribution in [-0.2, 0) is 28.7 Å². The molecule has 24 nitrogen and oxygen atoms in total. The Hall–Kier alpha value is -7.68. The lowest BCUT2D eigenvalue weighted by atomic mass is 10.0. The minimum atomic E-state index is -1.27. The van der Waals surface area contributed by atoms with Crippen molar-refractivity contribution in [2.24, 2.45) is 15.8 Å². The van der Waals surface area contributed by atoms with Crippen molar-refractivity contribution in [3.63, 3.8) is 0 Å². The molecule has 8 rings (SSSR count). The Morgan fingerprint density at radius 2 is 1.52 bits per heavy atom. The molecule has 1 aliphatic rings. The fourth-order valence-electron chi connectivity index (χ4n) is 8.09. The Kier molecular flexibility index (Phi) is 21.7. The smallest absolute Gasteiger partial charge is 0.337 e. The quantitative estimate of drug-likeness (QED) is 0.00931. The predicted octanol–water partition coefficient (Wildman–Crippen LogP) is 6.24. The van der Waals surface area contributed by atoms with Gasteiger partial charge in [0.05, 0.1) is 49.5 Å². The number of benzene rings is 2. The van der Waals surface area contributed by atoms with E-state index in [-0.39, 0.29) is 59.2 Å². The summed E-state index contributed by atoms with van der Waals surface area (Å²) in [7, 11) is 5.77. The van der Waals surface area contributed by atoms with Crippen LogP contribution in [0.5, 0.6) is 0 Å². The number of hydrogen-bond donors (Lipinski definition) is 7. The number of pyridine rings is 1. The zero-order valence-corrected chi connectivity index (χ0v) is 50.7. The molecule has 8 N–H and O–H groups in total. The Bertz CT molecular complexity index is 3590. The second-order valence-electron chi connectivity index (χ2n) is 18.3. The molecule has 84 heavy (non-hydrogen) atoms. The highest BCUT2D eigenvalue weighted by molar-refractivity contribution is 8.15. The van der Waals surface area contributed by atoms with Gasteiger partial charge in [-0.25, -0.2) is 35.6 Å². The molecule has 0 saturated heterocycles. The molecule has 2 unspecified atom stereocenters. The van der Waals surface area contributed by atoms with Gasteiger partial charge in [-0.05, 0) is 42.0 Å². The summed E-state index contributed by atoms with van der Waals surface area (Å²) in [5, 5.41) is 35.3. The summed E-state index contributed by atoms with van der Waals surface area (Å²) in [5.41, 5.74) is 3.16. The van der Waals surface area contributed by atoms with Gasteiger partial charge in [0.2, 0.25) is 23.6 Å². The Balaban J connectivity index is 1.07. The average Bonchev–Trinajstić information content (AvgIpc) is 4.56. The zero-order chi connectivity index (χ0) is 60.0. The first-order chi connectivity index (χ1) is 40.4. The van der Waals surface area contributed by atoms with Crippen LogP contribution in [0, 0.1) is 0 Å². The van der Waals surface area contributed by atoms with Crippen molar-refractivity contribution in [1.29, 1.82) is 0 Å². The summed E-state index contributed by atoms with van der Waals surface area (Å²) in [6.07, 6.45) is -1.44. The lowest BCUT2D eigenvalue weighted by Gasteiger charge is -2.26. The van der Waals surface area contributed by atoms with Gasteiger partial charge in [-0.3, -0.25) is 43.8 Å². The van der Waals surface area contributed by atoms with E-state index in [0.717, 1.165) is 16.8 Å². The number of esters is 1. The van der Waals surface area contributed by atoms with E-state index in [2.05, 4.69) is 41.6 Å². The van der Waals surface area contributed by atoms with Gasteiger partial charge in [0, 0.05) is 77.7 Å². The summed E-state index contributed by atoms with van der Waals surface area (Å²) >= 11 is 7.44. The third-order valence-corrected chi connectivity index (χ3v) is 18.1. The van der Waals surface area contributed by atoms with Crippen LogP contribution < -0.4 is 32.4 Å². The number of nitrogens with one attached hydrogen (secondary N) is 5. The molecule has 0 aliphatic carbocycles. The summed E-state index contributed by atoms with van der Waals surface area (Å²) in [4.78, 5) is 123. The molecule has 5 aromatic heterocycles. The van der Waals surface area contributed by atoms with Gasteiger partial charge in [0.15, 0.2) is 5.17 Å². The number of rotatable bonds is 23. The van der Waals surface area contributed by atoms with Crippen molar-refractivity contribution >= 4 is 126 Å². The topological polar surface area (TPSA) is 337 Å². The zero-order valence-electron chi connectivity index (χ0n) is 45.8. The van der Waals surface area contributed by atoms with Crippen molar-refractivity contribution in [3.05, 3.63) is 116 Å². The molecule has 0 fully saturated rings. The third-order valence-electron chi connectivity index (χ3n) is 12.2. The SMILES string of the molecule is CN=C(NC(C)=O)SC(COC)CC(=O)NCC(=O)N[C@H](c1nc(-c2nc(-c3nc(-c4nc(NC(=O)c5ccc(C(=O)OC)cc5)cs4)ccc3-c3nc(C(=O)N(N)[C@@H](CC(=O)NC)C4=NCC(C)S4)cs3)cs2)cs1)[C@@H](O)c1ccccc1. The van der Waals surface area contributed by atoms with Crippen LogP contribution in [0.15, 0.2) is 98.2 Å². The van der Waals surface area contributed by atoms with Crippen molar-refractivity contribution in [2.45, 2.75) is 55.4 Å². The van der Waals surface area contributed by atoms with E-state index in [1.807, 2.05) is 6.92 Å². The fourth-order valence-corrected chi connectivity index (χ4v) is 13.5. The fraction of sp³-hybridized carbons (Fsp3) is 0.296. The first kappa shape index (κ1) is 62.4. The number of anilines is 1. The van der Waals surface area contributed by atoms with Crippen LogP contribution in [0.3, 0.4) is 0 Å². The number of aromatic nitrogens is 5. The molecular formula is C54H56N14O10S6. The molecule has 5 atom stereocenters. The van der Waals surface area contributed by atoms with Crippen molar-refractivity contribution in [1.82, 2.24) is 51.2 Å². The van der Waals surface area contributed by atoms with E-state index in [4.69, 9.17) is 35.3 Å². The standard InChI is InChI=1S/C54H56N14O10S6/c1-27-20-59-50(83-27)38(19-40(70)56-3)68(55)52(75)37-25-79-47(64-37)33-16-17-34(48-66-39(26-82-48)65-46(74)30-12-14-31(15-13-30)53(76)78-6)61-43(33)35-23-80-49(62-35)36-24-81-51(63-36)44(45(73)29-10-8-7-9-11-29)67-42(72)21-58-41(71)18-32(22-77-5)84-54(57-4)60-28(2)69/h7-17,23-27,32,38,44-45,73H,18-22,55H2,1-6H3,(H,56,70)(H,58,71)(H,65,74)(H,67,72)(H,57,60,69)/t27?,32?,38-,44-,45-/m0/s1. The number of aliphatic hydroxyl groups excluding tert-OH is 1. The molecular weight excluding hydrogens is 1200 g/mol. The number of aliphatic hydroxyl groups is 1. The maximum atomic E-state index is 14.1. The van der Waals surface area contributed by atoms with E-state index >= 15 is 0 Å². The number of methoxy groups -OCH3 is 2. The largest absolute Gasteiger partial charge is 0.465 e. The average molecular weight is 1250 g/mol. The molecule has 7 aromatic rings. The van der Waals surface area contributed by atoms with Gasteiger partial charge in [-0.1, -0.05) is 49.0 Å². The molecule has 30 heteroatoms. The molecule has 438 valence electrons. The second kappa shape index (κ2) is 29.2. The molecule has 6 amide bonds. The highest BCUT2D eigenvalue weighted by Crippen LogP contribution is 2.40. The van der Waals surface area contributed by atoms with Crippen LogP contribution >= 0.6 is 68.9 Å². The molecule has 0 spiro atoms. The van der Waals surface area contributed by atoms with Crippen LogP contribution in [0.25, 0.3) is 43.4 Å². The third kappa shape index (κ3) is 15.9. The number of carbonyl (C=O) groups excluding carboxylic acids is 7. The Morgan fingerprint density at radius 1 is 0.810 bits per heavy atom. The van der Waals surface area contributed by atoms with Crippen molar-refractivity contribution < 1.29 is 48.1 Å². The molecule has 1 aliphatic heterocycles. The number of amides is 6. The number of nitrogens with two attached hydrogens (primary N) is 1. The van der Waals surface area contributed by atoms with E-state index < -0.39 is 59.6 Å². The van der Waals surface area contributed by atoms with Crippen LogP contribution in [0.2, 0.25) is 0 Å².